The van der Waals surface area contributed by atoms with E-state index in [0.717, 1.165) is 22.6 Å². The van der Waals surface area contributed by atoms with Crippen LogP contribution in [-0.2, 0) is 23.9 Å². The van der Waals surface area contributed by atoms with Crippen molar-refractivity contribution in [2.75, 3.05) is 18.2 Å². The van der Waals surface area contributed by atoms with Crippen LogP contribution in [0.1, 0.15) is 32.6 Å². The Bertz CT molecular complexity index is 773. The molecule has 1 aromatic carbocycles. The molecule has 0 spiro atoms. The Balaban J connectivity index is 1.56. The number of thioether (sulfide) groups is 1. The van der Waals surface area contributed by atoms with Crippen LogP contribution in [0.25, 0.3) is 0 Å². The number of carbonyl (C=O) groups excluding carboxylic acids is 4. The normalized spacial score (nSPS) is 22.6. The maximum absolute atomic E-state index is 12.6. The number of carbonyl (C=O) groups is 4. The second-order valence-electron chi connectivity index (χ2n) is 7.08. The monoisotopic (exact) mass is 404 g/mol. The van der Waals surface area contributed by atoms with Gasteiger partial charge in [-0.3, -0.25) is 19.3 Å². The summed E-state index contributed by atoms with van der Waals surface area (Å²) in [5.74, 6) is -2.45. The molecule has 3 amide bonds. The molecule has 150 valence electrons. The summed E-state index contributed by atoms with van der Waals surface area (Å²) in [5.41, 5.74) is 0.637. The lowest BCUT2D eigenvalue weighted by atomic mass is 9.81. The van der Waals surface area contributed by atoms with E-state index in [4.69, 9.17) is 4.74 Å². The third-order valence-corrected chi connectivity index (χ3v) is 6.13. The van der Waals surface area contributed by atoms with Crippen LogP contribution >= 0.6 is 11.8 Å². The SMILES string of the molecule is CSc1ccccc1NC(=O)COC(=O)[C@H](C)N1C(=O)[C@H]2CCCC[C@@H]2C1=O. The largest absolute Gasteiger partial charge is 0.454 e. The van der Waals surface area contributed by atoms with Crippen molar-refractivity contribution in [2.45, 2.75) is 43.5 Å². The predicted molar refractivity (Wildman–Crippen MR) is 105 cm³/mol. The molecule has 1 heterocycles. The fraction of sp³-hybridized carbons (Fsp3) is 0.500. The molecule has 1 aromatic rings. The summed E-state index contributed by atoms with van der Waals surface area (Å²) in [5, 5.41) is 2.70. The van der Waals surface area contributed by atoms with Crippen molar-refractivity contribution < 1.29 is 23.9 Å². The molecule has 0 bridgehead atoms. The van der Waals surface area contributed by atoms with Gasteiger partial charge in [-0.1, -0.05) is 25.0 Å². The van der Waals surface area contributed by atoms with Gasteiger partial charge in [0.2, 0.25) is 11.8 Å². The first-order valence-corrected chi connectivity index (χ1v) is 10.6. The number of fused-ring (bicyclic) bond motifs is 1. The maximum Gasteiger partial charge on any atom is 0.329 e. The van der Waals surface area contributed by atoms with Gasteiger partial charge in [-0.25, -0.2) is 4.79 Å². The minimum absolute atomic E-state index is 0.294. The number of nitrogens with zero attached hydrogens (tertiary/aromatic N) is 1. The second kappa shape index (κ2) is 8.77. The number of amides is 3. The number of para-hydroxylation sites is 1. The number of benzene rings is 1. The van der Waals surface area contributed by atoms with Gasteiger partial charge in [0.25, 0.3) is 5.91 Å². The summed E-state index contributed by atoms with van der Waals surface area (Å²) < 4.78 is 5.07. The summed E-state index contributed by atoms with van der Waals surface area (Å²) in [6, 6.07) is 6.27. The van der Waals surface area contributed by atoms with Crippen LogP contribution in [0.4, 0.5) is 5.69 Å². The van der Waals surface area contributed by atoms with Crippen molar-refractivity contribution in [3.8, 4) is 0 Å². The van der Waals surface area contributed by atoms with E-state index in [2.05, 4.69) is 5.32 Å². The molecule has 1 saturated carbocycles. The Morgan fingerprint density at radius 1 is 1.18 bits per heavy atom. The fourth-order valence-electron chi connectivity index (χ4n) is 3.87. The first-order valence-electron chi connectivity index (χ1n) is 9.40. The van der Waals surface area contributed by atoms with Crippen molar-refractivity contribution in [1.82, 2.24) is 4.90 Å². The van der Waals surface area contributed by atoms with E-state index in [1.807, 2.05) is 18.4 Å². The molecule has 1 saturated heterocycles. The van der Waals surface area contributed by atoms with Crippen molar-refractivity contribution in [3.05, 3.63) is 24.3 Å². The van der Waals surface area contributed by atoms with Gasteiger partial charge in [0.05, 0.1) is 17.5 Å². The maximum atomic E-state index is 12.6. The predicted octanol–water partition coefficient (Wildman–Crippen LogP) is 2.45. The topological polar surface area (TPSA) is 92.8 Å². The highest BCUT2D eigenvalue weighted by Gasteiger charge is 2.51. The summed E-state index contributed by atoms with van der Waals surface area (Å²) in [4.78, 5) is 51.5. The van der Waals surface area contributed by atoms with Crippen LogP contribution in [0.15, 0.2) is 29.2 Å². The molecular formula is C20H24N2O5S. The number of hydrogen-bond acceptors (Lipinski definition) is 6. The summed E-state index contributed by atoms with van der Waals surface area (Å²) >= 11 is 1.49. The molecule has 3 atom stereocenters. The van der Waals surface area contributed by atoms with Gasteiger partial charge in [-0.05, 0) is 38.2 Å². The summed E-state index contributed by atoms with van der Waals surface area (Å²) in [7, 11) is 0. The number of esters is 1. The van der Waals surface area contributed by atoms with Gasteiger partial charge in [-0.2, -0.15) is 0 Å². The number of rotatable bonds is 6. The first-order chi connectivity index (χ1) is 13.4. The third-order valence-electron chi connectivity index (χ3n) is 5.33. The number of likely N-dealkylation sites (tertiary alicyclic amines) is 1. The Labute approximate surface area is 168 Å². The number of imide groups is 1. The van der Waals surface area contributed by atoms with Crippen molar-refractivity contribution >= 4 is 41.1 Å². The van der Waals surface area contributed by atoms with Crippen LogP contribution in [0.3, 0.4) is 0 Å². The van der Waals surface area contributed by atoms with Crippen molar-refractivity contribution in [2.24, 2.45) is 11.8 Å². The summed E-state index contributed by atoms with van der Waals surface area (Å²) in [6.07, 6.45) is 5.11. The van der Waals surface area contributed by atoms with E-state index < -0.39 is 24.5 Å². The van der Waals surface area contributed by atoms with E-state index in [9.17, 15) is 19.2 Å². The fourth-order valence-corrected chi connectivity index (χ4v) is 4.42. The third kappa shape index (κ3) is 4.06. The second-order valence-corrected chi connectivity index (χ2v) is 7.92. The lowest BCUT2D eigenvalue weighted by Gasteiger charge is -2.21. The Morgan fingerprint density at radius 2 is 1.79 bits per heavy atom. The molecule has 7 nitrogen and oxygen atoms in total. The minimum atomic E-state index is -1.03. The smallest absolute Gasteiger partial charge is 0.329 e. The number of anilines is 1. The van der Waals surface area contributed by atoms with Gasteiger partial charge < -0.3 is 10.1 Å². The molecule has 0 radical (unpaired) electrons. The highest BCUT2D eigenvalue weighted by atomic mass is 32.2. The Kier molecular flexibility index (Phi) is 6.39. The number of nitrogens with one attached hydrogen (secondary N) is 1. The van der Waals surface area contributed by atoms with Gasteiger partial charge in [0.15, 0.2) is 6.61 Å². The lowest BCUT2D eigenvalue weighted by Crippen LogP contribution is -2.45. The Morgan fingerprint density at radius 3 is 2.39 bits per heavy atom. The van der Waals surface area contributed by atoms with Crippen molar-refractivity contribution in [1.29, 1.82) is 0 Å². The summed E-state index contributed by atoms with van der Waals surface area (Å²) in [6.45, 7) is 0.991. The van der Waals surface area contributed by atoms with Crippen LogP contribution < -0.4 is 5.32 Å². The molecule has 1 aliphatic carbocycles. The molecule has 28 heavy (non-hydrogen) atoms. The van der Waals surface area contributed by atoms with E-state index in [-0.39, 0.29) is 23.7 Å². The molecule has 2 fully saturated rings. The molecule has 2 aliphatic rings. The van der Waals surface area contributed by atoms with E-state index >= 15 is 0 Å². The minimum Gasteiger partial charge on any atom is -0.454 e. The van der Waals surface area contributed by atoms with Gasteiger partial charge >= 0.3 is 5.97 Å². The lowest BCUT2D eigenvalue weighted by molar-refractivity contribution is -0.159. The Hall–Kier alpha value is -2.35. The quantitative estimate of drug-likeness (QED) is 0.445. The van der Waals surface area contributed by atoms with Crippen LogP contribution in [-0.4, -0.2) is 47.5 Å². The molecule has 0 unspecified atom stereocenters. The standard InChI is InChI=1S/C20H24N2O5S/c1-12(22-18(24)13-7-3-4-8-14(13)19(22)25)20(26)27-11-17(23)21-15-9-5-6-10-16(15)28-2/h5-6,9-10,12-14H,3-4,7-8,11H2,1-2H3,(H,21,23)/t12-,13-,14-/m0/s1. The highest BCUT2D eigenvalue weighted by Crippen LogP contribution is 2.38. The average Bonchev–Trinajstić information content (AvgIpc) is 2.96. The zero-order valence-electron chi connectivity index (χ0n) is 16.0. The first kappa shape index (κ1) is 20.4. The van der Waals surface area contributed by atoms with Gasteiger partial charge in [0, 0.05) is 4.90 Å². The molecular weight excluding hydrogens is 380 g/mol. The van der Waals surface area contributed by atoms with Crippen LogP contribution in [0, 0.1) is 11.8 Å². The zero-order chi connectivity index (χ0) is 20.3. The van der Waals surface area contributed by atoms with Gasteiger partial charge in [-0.15, -0.1) is 11.8 Å². The molecule has 1 aliphatic heterocycles. The van der Waals surface area contributed by atoms with E-state index in [0.29, 0.717) is 18.5 Å². The highest BCUT2D eigenvalue weighted by molar-refractivity contribution is 7.98. The van der Waals surface area contributed by atoms with Crippen LogP contribution in [0.5, 0.6) is 0 Å². The number of hydrogen-bond donors (Lipinski definition) is 1. The molecule has 0 aromatic heterocycles. The zero-order valence-corrected chi connectivity index (χ0v) is 16.8. The molecule has 8 heteroatoms. The van der Waals surface area contributed by atoms with Crippen molar-refractivity contribution in [3.63, 3.8) is 0 Å². The molecule has 3 rings (SSSR count). The van der Waals surface area contributed by atoms with E-state index in [1.165, 1.54) is 18.7 Å². The average molecular weight is 404 g/mol. The molecule has 1 N–H and O–H groups in total. The van der Waals surface area contributed by atoms with Crippen LogP contribution in [0.2, 0.25) is 0 Å². The number of ether oxygens (including phenoxy) is 1. The van der Waals surface area contributed by atoms with E-state index in [1.54, 1.807) is 12.1 Å². The van der Waals surface area contributed by atoms with Gasteiger partial charge in [0.1, 0.15) is 6.04 Å².